The number of carboxylic acids is 4. The summed E-state index contributed by atoms with van der Waals surface area (Å²) in [5, 5.41) is 85.9. The summed E-state index contributed by atoms with van der Waals surface area (Å²) >= 11 is 0. The Morgan fingerprint density at radius 3 is 0.615 bits per heavy atom. The van der Waals surface area contributed by atoms with Crippen LogP contribution in [0.25, 0.3) is 0 Å². The van der Waals surface area contributed by atoms with E-state index in [-0.39, 0.29) is 29.6 Å². The van der Waals surface area contributed by atoms with Crippen LogP contribution in [0.1, 0.15) is 68.1 Å². The van der Waals surface area contributed by atoms with Crippen LogP contribution in [0.15, 0.2) is 92.4 Å². The van der Waals surface area contributed by atoms with Crippen molar-refractivity contribution in [1.82, 2.24) is 0 Å². The number of hydrogen-bond acceptors (Lipinski definition) is 18. The molecule has 0 fully saturated rings. The van der Waals surface area contributed by atoms with Gasteiger partial charge < -0.3 is 51.1 Å². The van der Waals surface area contributed by atoms with Crippen LogP contribution in [0.5, 0.6) is 23.0 Å². The zero-order valence-electron chi connectivity index (χ0n) is 33.5. The molecule has 31 heteroatoms. The van der Waals surface area contributed by atoms with Gasteiger partial charge in [-0.2, -0.15) is 33.7 Å². The second-order valence-electron chi connectivity index (χ2n) is 11.3. The molecule has 1 radical (unpaired) electrons. The average molecular weight is 1020 g/mol. The largest absolute Gasteiger partial charge is 0.507 e. The molecule has 4 aromatic carbocycles. The molecule has 4 rings (SSSR count). The van der Waals surface area contributed by atoms with Gasteiger partial charge in [0.25, 0.3) is 40.5 Å². The maximum atomic E-state index is 10.6. The molecule has 357 valence electrons. The van der Waals surface area contributed by atoms with E-state index in [2.05, 4.69) is 0 Å². The number of aromatic hydroxyl groups is 4. The van der Waals surface area contributed by atoms with Crippen LogP contribution < -0.4 is 0 Å². The molecule has 0 aliphatic heterocycles. The standard InChI is InChI=1S/4C7H6O6S.2C3H8O.Na/c4*8-6-2-1-4(14(11,12)13)3-5(6)7(9)10;2*1-2-3-4;/h4*1-3,8H,(H,9,10)(H,11,12,13);2*4H,2-3H2,1H3;. The molecule has 0 aliphatic carbocycles. The fourth-order valence-corrected chi connectivity index (χ4v) is 5.41. The van der Waals surface area contributed by atoms with E-state index < -0.39 is 129 Å². The summed E-state index contributed by atoms with van der Waals surface area (Å²) in [6.45, 7) is 4.50. The first kappa shape index (κ1) is 63.8. The van der Waals surface area contributed by atoms with Gasteiger partial charge in [0.1, 0.15) is 45.3 Å². The molecule has 0 saturated heterocycles. The van der Waals surface area contributed by atoms with Crippen molar-refractivity contribution in [2.75, 3.05) is 13.2 Å². The fraction of sp³-hybridized carbons (Fsp3) is 0.176. The second kappa shape index (κ2) is 28.4. The van der Waals surface area contributed by atoms with Gasteiger partial charge in [0.15, 0.2) is 0 Å². The summed E-state index contributed by atoms with van der Waals surface area (Å²) < 4.78 is 119. The Labute approximate surface area is 391 Å². The van der Waals surface area contributed by atoms with Gasteiger partial charge in [-0.3, -0.25) is 18.2 Å². The van der Waals surface area contributed by atoms with Crippen molar-refractivity contribution < 1.29 is 122 Å². The molecule has 0 aliphatic rings. The van der Waals surface area contributed by atoms with Crippen molar-refractivity contribution in [3.05, 3.63) is 95.1 Å². The number of aliphatic hydroxyl groups excluding tert-OH is 2. The molecular weight excluding hydrogens is 976 g/mol. The van der Waals surface area contributed by atoms with E-state index >= 15 is 0 Å². The summed E-state index contributed by atoms with van der Waals surface area (Å²) in [5.41, 5.74) is -2.33. The summed E-state index contributed by atoms with van der Waals surface area (Å²) in [5.74, 6) is -8.17. The minimum Gasteiger partial charge on any atom is -0.507 e. The third kappa shape index (κ3) is 23.9. The molecule has 0 aromatic heterocycles. The normalized spacial score (nSPS) is 10.6. The van der Waals surface area contributed by atoms with Gasteiger partial charge >= 0.3 is 23.9 Å². The summed E-state index contributed by atoms with van der Waals surface area (Å²) in [6.07, 6.45) is 1.75. The van der Waals surface area contributed by atoms with Gasteiger partial charge in [0.05, 0.1) is 19.6 Å². The van der Waals surface area contributed by atoms with Gasteiger partial charge in [-0.15, -0.1) is 0 Å². The Morgan fingerprint density at radius 1 is 0.385 bits per heavy atom. The van der Waals surface area contributed by atoms with Crippen molar-refractivity contribution in [1.29, 1.82) is 0 Å². The Hall–Kier alpha value is -5.48. The molecule has 14 N–H and O–H groups in total. The van der Waals surface area contributed by atoms with E-state index in [1.807, 2.05) is 13.8 Å². The number of aliphatic hydroxyl groups is 2. The van der Waals surface area contributed by atoms with Gasteiger partial charge in [-0.25, -0.2) is 19.2 Å². The Kier molecular flexibility index (Phi) is 27.9. The molecule has 4 aromatic rings. The first-order valence-electron chi connectivity index (χ1n) is 16.5. The molecule has 0 saturated carbocycles. The Morgan fingerprint density at radius 2 is 0.523 bits per heavy atom. The molecule has 0 unspecified atom stereocenters. The van der Waals surface area contributed by atoms with E-state index in [4.69, 9.17) is 69.3 Å². The van der Waals surface area contributed by atoms with Crippen molar-refractivity contribution in [2.24, 2.45) is 0 Å². The minimum absolute atomic E-state index is 0. The van der Waals surface area contributed by atoms with Crippen LogP contribution in [-0.4, -0.2) is 170 Å². The van der Waals surface area contributed by atoms with Crippen molar-refractivity contribution in [2.45, 2.75) is 46.3 Å². The fourth-order valence-electron chi connectivity index (χ4n) is 3.39. The zero-order chi connectivity index (χ0) is 50.6. The van der Waals surface area contributed by atoms with E-state index in [9.17, 15) is 52.8 Å². The van der Waals surface area contributed by atoms with Crippen LogP contribution >= 0.6 is 0 Å². The molecule has 0 amide bonds. The molecule has 0 heterocycles. The molecule has 65 heavy (non-hydrogen) atoms. The first-order chi connectivity index (χ1) is 29.1. The summed E-state index contributed by atoms with van der Waals surface area (Å²) in [4.78, 5) is 39.6. The van der Waals surface area contributed by atoms with Gasteiger partial charge in [0, 0.05) is 42.8 Å². The van der Waals surface area contributed by atoms with E-state index in [0.29, 0.717) is 37.5 Å². The van der Waals surface area contributed by atoms with Crippen LogP contribution in [0.4, 0.5) is 0 Å². The predicted molar refractivity (Wildman–Crippen MR) is 220 cm³/mol. The predicted octanol–water partition coefficient (Wildman–Crippen LogP) is 1.75. The van der Waals surface area contributed by atoms with Crippen LogP contribution in [0.2, 0.25) is 0 Å². The number of aromatic carboxylic acids is 4. The van der Waals surface area contributed by atoms with Crippen LogP contribution in [-0.2, 0) is 40.5 Å². The minimum atomic E-state index is -4.45. The molecule has 0 atom stereocenters. The van der Waals surface area contributed by atoms with Crippen molar-refractivity contribution in [3.8, 4) is 23.0 Å². The number of benzene rings is 4. The molecular formula is C34H40NaO26S4. The number of phenols is 4. The number of rotatable bonds is 10. The maximum absolute atomic E-state index is 10.6. The second-order valence-corrected chi connectivity index (χ2v) is 17.0. The first-order valence-corrected chi connectivity index (χ1v) is 22.2. The van der Waals surface area contributed by atoms with Crippen LogP contribution in [0.3, 0.4) is 0 Å². The Bertz CT molecular complexity index is 2350. The van der Waals surface area contributed by atoms with E-state index in [1.165, 1.54) is 0 Å². The monoisotopic (exact) mass is 1020 g/mol. The third-order valence-corrected chi connectivity index (χ3v) is 9.83. The summed E-state index contributed by atoms with van der Waals surface area (Å²) in [6, 6.07) is 9.82. The molecule has 26 nitrogen and oxygen atoms in total. The zero-order valence-corrected chi connectivity index (χ0v) is 38.8. The molecule has 0 bridgehead atoms. The quantitative estimate of drug-likeness (QED) is 0.0794. The number of hydrogen-bond donors (Lipinski definition) is 14. The smallest absolute Gasteiger partial charge is 0.339 e. The van der Waals surface area contributed by atoms with E-state index in [0.717, 1.165) is 61.4 Å². The topological polar surface area (TPSA) is 488 Å². The van der Waals surface area contributed by atoms with Gasteiger partial charge in [-0.05, 0) is 85.6 Å². The van der Waals surface area contributed by atoms with E-state index in [1.54, 1.807) is 0 Å². The van der Waals surface area contributed by atoms with Crippen molar-refractivity contribution >= 4 is 93.9 Å². The Balaban J connectivity index is -0.000000742. The van der Waals surface area contributed by atoms with Crippen LogP contribution in [0, 0.1) is 0 Å². The number of carboxylic acid groups (broad SMARTS) is 4. The average Bonchev–Trinajstić information content (AvgIpc) is 3.17. The third-order valence-electron chi connectivity index (χ3n) is 6.43. The van der Waals surface area contributed by atoms with Gasteiger partial charge in [0.2, 0.25) is 0 Å². The van der Waals surface area contributed by atoms with Gasteiger partial charge in [-0.1, -0.05) is 13.8 Å². The SMILES string of the molecule is CCCO.CCCO.O=C(O)c1cc(S(=O)(=O)O)ccc1O.O=C(O)c1cc(S(=O)(=O)O)ccc1O.O=C(O)c1cc(S(=O)(=O)O)ccc1O.O=C(O)c1cc(S(=O)(=O)O)ccc1O.[Na]. The summed E-state index contributed by atoms with van der Waals surface area (Å²) in [7, 11) is -17.8. The maximum Gasteiger partial charge on any atom is 0.339 e. The molecule has 0 spiro atoms. The number of carbonyl (C=O) groups is 4. The van der Waals surface area contributed by atoms with Crippen molar-refractivity contribution in [3.63, 3.8) is 0 Å².